The highest BCUT2D eigenvalue weighted by atomic mass is 16.6. The van der Waals surface area contributed by atoms with Crippen LogP contribution < -0.4 is 5.73 Å². The molecule has 0 bridgehead atoms. The van der Waals surface area contributed by atoms with Gasteiger partial charge in [0.1, 0.15) is 5.60 Å². The summed E-state index contributed by atoms with van der Waals surface area (Å²) >= 11 is 0. The van der Waals surface area contributed by atoms with Crippen molar-refractivity contribution >= 4 is 27.5 Å². The van der Waals surface area contributed by atoms with Crippen molar-refractivity contribution < 1.29 is 14.6 Å². The van der Waals surface area contributed by atoms with E-state index in [0.717, 1.165) is 11.3 Å². The third-order valence-electron chi connectivity index (χ3n) is 4.11. The molecule has 2 rings (SSSR count). The van der Waals surface area contributed by atoms with Crippen molar-refractivity contribution in [1.82, 2.24) is 9.88 Å². The maximum absolute atomic E-state index is 12.8. The molecule has 1 aliphatic rings. The summed E-state index contributed by atoms with van der Waals surface area (Å²) in [6.45, 7) is 7.20. The maximum Gasteiger partial charge on any atom is 0.411 e. The monoisotopic (exact) mass is 341 g/mol. The van der Waals surface area contributed by atoms with E-state index >= 15 is 0 Å². The van der Waals surface area contributed by atoms with E-state index < -0.39 is 22.8 Å². The summed E-state index contributed by atoms with van der Waals surface area (Å²) in [5.74, 6) is 0. The van der Waals surface area contributed by atoms with Gasteiger partial charge < -0.3 is 15.6 Å². The number of fused-ring (bicyclic) bond motifs is 1. The van der Waals surface area contributed by atoms with Gasteiger partial charge >= 0.3 is 6.09 Å². The number of carbonyl (C=O) groups is 1. The summed E-state index contributed by atoms with van der Waals surface area (Å²) in [6, 6.07) is 1.62. The lowest BCUT2D eigenvalue weighted by Gasteiger charge is -2.53. The molecule has 0 spiro atoms. The SMILES string of the molecule is [B]C1([B])Cc2ncc(N)cc2C(O)(CCCC)N1C(=O)OC(C)(C)C. The first-order valence-corrected chi connectivity index (χ1v) is 8.49. The minimum atomic E-state index is -1.74. The number of ether oxygens (including phenoxy) is 1. The zero-order valence-electron chi connectivity index (χ0n) is 15.4. The predicted octanol–water partition coefficient (Wildman–Crippen LogP) is 1.78. The Morgan fingerprint density at radius 2 is 2.12 bits per heavy atom. The van der Waals surface area contributed by atoms with Crippen LogP contribution in [0.4, 0.5) is 10.5 Å². The summed E-state index contributed by atoms with van der Waals surface area (Å²) in [6.07, 6.45) is 2.51. The molecular weight excluding hydrogens is 316 g/mol. The number of anilines is 1. The molecule has 8 heteroatoms. The van der Waals surface area contributed by atoms with Gasteiger partial charge in [-0.1, -0.05) is 13.3 Å². The summed E-state index contributed by atoms with van der Waals surface area (Å²) in [5, 5.41) is 9.87. The number of nitrogens with zero attached hydrogens (tertiary/aromatic N) is 2. The quantitative estimate of drug-likeness (QED) is 0.819. The molecule has 6 nitrogen and oxygen atoms in total. The number of pyridine rings is 1. The molecule has 1 amide bonds. The fraction of sp³-hybridized carbons (Fsp3) is 0.647. The highest BCUT2D eigenvalue weighted by molar-refractivity contribution is 6.41. The molecule has 1 aromatic rings. The summed E-state index contributed by atoms with van der Waals surface area (Å²) in [5.41, 5.74) is 4.71. The van der Waals surface area contributed by atoms with Crippen molar-refractivity contribution in [2.24, 2.45) is 0 Å². The Bertz CT molecular complexity index is 661. The topological polar surface area (TPSA) is 88.7 Å². The first-order chi connectivity index (χ1) is 11.4. The van der Waals surface area contributed by atoms with E-state index in [-0.39, 0.29) is 12.8 Å². The van der Waals surface area contributed by atoms with Crippen molar-refractivity contribution in [3.63, 3.8) is 0 Å². The second kappa shape index (κ2) is 6.56. The number of aromatic nitrogens is 1. The first-order valence-electron chi connectivity index (χ1n) is 8.49. The number of rotatable bonds is 3. The molecule has 0 aromatic carbocycles. The van der Waals surface area contributed by atoms with Crippen LogP contribution in [0, 0.1) is 0 Å². The van der Waals surface area contributed by atoms with Gasteiger partial charge in [0.25, 0.3) is 0 Å². The lowest BCUT2D eigenvalue weighted by Crippen LogP contribution is -2.67. The van der Waals surface area contributed by atoms with Crippen LogP contribution in [0.1, 0.15) is 58.2 Å². The zero-order chi connectivity index (χ0) is 19.0. The lowest BCUT2D eigenvalue weighted by molar-refractivity contribution is -0.139. The Balaban J connectivity index is 2.59. The molecule has 0 saturated heterocycles. The van der Waals surface area contributed by atoms with E-state index in [4.69, 9.17) is 26.2 Å². The Labute approximate surface area is 151 Å². The van der Waals surface area contributed by atoms with Crippen LogP contribution in [-0.4, -0.2) is 47.7 Å². The van der Waals surface area contributed by atoms with Crippen molar-refractivity contribution in [3.8, 4) is 0 Å². The Hall–Kier alpha value is -1.69. The Morgan fingerprint density at radius 3 is 2.68 bits per heavy atom. The zero-order valence-corrected chi connectivity index (χ0v) is 15.4. The molecule has 1 aromatic heterocycles. The molecule has 4 radical (unpaired) electrons. The Kier molecular flexibility index (Phi) is 5.15. The second-order valence-corrected chi connectivity index (χ2v) is 7.67. The maximum atomic E-state index is 12.8. The number of aliphatic hydroxyl groups is 1. The number of nitrogens with two attached hydrogens (primary N) is 1. The molecule has 132 valence electrons. The smallest absolute Gasteiger partial charge is 0.411 e. The van der Waals surface area contributed by atoms with Gasteiger partial charge in [0, 0.05) is 11.3 Å². The second-order valence-electron chi connectivity index (χ2n) is 7.67. The number of carbonyl (C=O) groups excluding carboxylic acids is 1. The number of hydrogen-bond donors (Lipinski definition) is 2. The van der Waals surface area contributed by atoms with Crippen LogP contribution in [0.15, 0.2) is 12.3 Å². The van der Waals surface area contributed by atoms with Gasteiger partial charge in [-0.15, -0.1) is 0 Å². The van der Waals surface area contributed by atoms with Gasteiger partial charge in [-0.25, -0.2) is 4.79 Å². The fourth-order valence-electron chi connectivity index (χ4n) is 3.11. The van der Waals surface area contributed by atoms with Crippen molar-refractivity contribution in [1.29, 1.82) is 0 Å². The normalized spacial score (nSPS) is 22.4. The summed E-state index contributed by atoms with van der Waals surface area (Å²) in [7, 11) is 12.4. The van der Waals surface area contributed by atoms with Crippen LogP contribution >= 0.6 is 0 Å². The van der Waals surface area contributed by atoms with Crippen molar-refractivity contribution in [2.45, 2.75) is 70.0 Å². The van der Waals surface area contributed by atoms with Gasteiger partial charge in [0.05, 0.1) is 27.6 Å². The van der Waals surface area contributed by atoms with E-state index in [2.05, 4.69) is 4.98 Å². The van der Waals surface area contributed by atoms with E-state index in [0.29, 0.717) is 23.4 Å². The number of amides is 1. The van der Waals surface area contributed by atoms with Gasteiger partial charge in [-0.3, -0.25) is 9.88 Å². The van der Waals surface area contributed by atoms with Crippen molar-refractivity contribution in [3.05, 3.63) is 23.5 Å². The molecule has 3 N–H and O–H groups in total. The summed E-state index contributed by atoms with van der Waals surface area (Å²) < 4.78 is 5.45. The lowest BCUT2D eigenvalue weighted by atomic mass is 9.55. The van der Waals surface area contributed by atoms with E-state index in [9.17, 15) is 9.90 Å². The van der Waals surface area contributed by atoms with Gasteiger partial charge in [0.2, 0.25) is 0 Å². The minimum absolute atomic E-state index is 0.0797. The van der Waals surface area contributed by atoms with E-state index in [1.807, 2.05) is 6.92 Å². The third kappa shape index (κ3) is 3.94. The largest absolute Gasteiger partial charge is 0.444 e. The first kappa shape index (κ1) is 19.6. The molecule has 1 atom stereocenters. The van der Waals surface area contributed by atoms with Crippen molar-refractivity contribution in [2.75, 3.05) is 5.73 Å². The molecule has 0 fully saturated rings. The standard InChI is InChI=1S/C17H25B2N3O3/c1-5-6-7-16(24)12-8-11(20)10-21-13(12)9-17(18,19)22(16)14(23)25-15(2,3)4/h8,10,24H,5-7,9,20H2,1-4H3. The average Bonchev–Trinajstić information content (AvgIpc) is 2.43. The number of unbranched alkanes of at least 4 members (excludes halogenated alkanes) is 1. The van der Waals surface area contributed by atoms with Crippen LogP contribution in [-0.2, 0) is 16.9 Å². The number of hydrogen-bond acceptors (Lipinski definition) is 5. The van der Waals surface area contributed by atoms with Gasteiger partial charge in [-0.05, 0) is 51.4 Å². The van der Waals surface area contributed by atoms with Crippen LogP contribution in [0.25, 0.3) is 0 Å². The highest BCUT2D eigenvalue weighted by Gasteiger charge is 2.52. The average molecular weight is 341 g/mol. The minimum Gasteiger partial charge on any atom is -0.444 e. The number of nitrogen functional groups attached to an aromatic ring is 1. The van der Waals surface area contributed by atoms with Crippen LogP contribution in [0.5, 0.6) is 0 Å². The van der Waals surface area contributed by atoms with E-state index in [1.165, 1.54) is 6.20 Å². The van der Waals surface area contributed by atoms with Gasteiger partial charge in [-0.2, -0.15) is 0 Å². The van der Waals surface area contributed by atoms with Gasteiger partial charge in [0.15, 0.2) is 5.72 Å². The van der Waals surface area contributed by atoms with E-state index in [1.54, 1.807) is 26.8 Å². The summed E-state index contributed by atoms with van der Waals surface area (Å²) in [4.78, 5) is 18.1. The van der Waals surface area contributed by atoms with Crippen LogP contribution in [0.2, 0.25) is 0 Å². The third-order valence-corrected chi connectivity index (χ3v) is 4.11. The van der Waals surface area contributed by atoms with Crippen LogP contribution in [0.3, 0.4) is 0 Å². The molecule has 1 aliphatic heterocycles. The predicted molar refractivity (Wildman–Crippen MR) is 98.1 cm³/mol. The molecule has 0 saturated carbocycles. The molecule has 25 heavy (non-hydrogen) atoms. The fourth-order valence-corrected chi connectivity index (χ4v) is 3.11. The highest BCUT2D eigenvalue weighted by Crippen LogP contribution is 2.43. The molecule has 0 aliphatic carbocycles. The molecular formula is C17H25B2N3O3. The molecule has 1 unspecified atom stereocenters. The Morgan fingerprint density at radius 1 is 1.48 bits per heavy atom. The molecule has 2 heterocycles.